The van der Waals surface area contributed by atoms with Crippen molar-refractivity contribution in [3.05, 3.63) is 29.8 Å². The molecule has 1 N–H and O–H groups in total. The van der Waals surface area contributed by atoms with Crippen LogP contribution in [0, 0.1) is 6.92 Å². The van der Waals surface area contributed by atoms with E-state index in [9.17, 15) is 9.59 Å². The fourth-order valence-corrected chi connectivity index (χ4v) is 3.33. The van der Waals surface area contributed by atoms with E-state index >= 15 is 0 Å². The summed E-state index contributed by atoms with van der Waals surface area (Å²) in [4.78, 5) is 26.0. The summed E-state index contributed by atoms with van der Waals surface area (Å²) in [5.74, 6) is 0.685. The summed E-state index contributed by atoms with van der Waals surface area (Å²) in [6.07, 6.45) is 4.65. The number of hydrogen-bond donors (Lipinski definition) is 1. The molecule has 1 aliphatic heterocycles. The molecule has 1 aromatic rings. The van der Waals surface area contributed by atoms with Crippen molar-refractivity contribution in [2.75, 3.05) is 13.2 Å². The average molecular weight is 302 g/mol. The van der Waals surface area contributed by atoms with Crippen LogP contribution in [0.4, 0.5) is 4.79 Å². The fourth-order valence-electron chi connectivity index (χ4n) is 3.33. The first kappa shape index (κ1) is 14.9. The van der Waals surface area contributed by atoms with E-state index in [1.165, 1.54) is 4.90 Å². The Morgan fingerprint density at radius 2 is 2.00 bits per heavy atom. The van der Waals surface area contributed by atoms with Crippen LogP contribution in [0.1, 0.15) is 37.7 Å². The monoisotopic (exact) mass is 302 g/mol. The van der Waals surface area contributed by atoms with E-state index in [-0.39, 0.29) is 11.9 Å². The summed E-state index contributed by atoms with van der Waals surface area (Å²) in [6, 6.07) is 7.46. The van der Waals surface area contributed by atoms with Gasteiger partial charge in [-0.15, -0.1) is 0 Å². The lowest BCUT2D eigenvalue weighted by Crippen LogP contribution is -2.48. The van der Waals surface area contributed by atoms with Gasteiger partial charge in [-0.3, -0.25) is 9.69 Å². The van der Waals surface area contributed by atoms with Gasteiger partial charge >= 0.3 is 6.03 Å². The van der Waals surface area contributed by atoms with E-state index in [1.54, 1.807) is 0 Å². The third-order valence-corrected chi connectivity index (χ3v) is 4.53. The second kappa shape index (κ2) is 5.99. The van der Waals surface area contributed by atoms with Crippen molar-refractivity contribution < 1.29 is 14.3 Å². The van der Waals surface area contributed by atoms with Gasteiger partial charge in [-0.05, 0) is 37.5 Å². The minimum absolute atomic E-state index is 0.0787. The largest absolute Gasteiger partial charge is 0.492 e. The van der Waals surface area contributed by atoms with Gasteiger partial charge in [0, 0.05) is 0 Å². The van der Waals surface area contributed by atoms with Crippen LogP contribution in [0.15, 0.2) is 24.3 Å². The Bertz CT molecular complexity index is 579. The molecule has 1 heterocycles. The lowest BCUT2D eigenvalue weighted by Gasteiger charge is -2.30. The number of carbonyl (C=O) groups is 2. The van der Waals surface area contributed by atoms with Gasteiger partial charge in [0.05, 0.1) is 6.54 Å². The first-order chi connectivity index (χ1) is 10.6. The van der Waals surface area contributed by atoms with Crippen LogP contribution in [0.25, 0.3) is 0 Å². The average Bonchev–Trinajstić information content (AvgIpc) is 2.72. The number of rotatable bonds is 4. The summed E-state index contributed by atoms with van der Waals surface area (Å²) >= 11 is 0. The molecule has 2 aliphatic rings. The molecule has 5 nitrogen and oxygen atoms in total. The van der Waals surface area contributed by atoms with Gasteiger partial charge in [0.2, 0.25) is 0 Å². The van der Waals surface area contributed by atoms with Crippen molar-refractivity contribution in [3.8, 4) is 5.75 Å². The van der Waals surface area contributed by atoms with Gasteiger partial charge in [0.1, 0.15) is 17.9 Å². The third-order valence-electron chi connectivity index (χ3n) is 4.53. The second-order valence-electron chi connectivity index (χ2n) is 6.19. The number of benzene rings is 1. The number of nitrogens with zero attached hydrogens (tertiary/aromatic N) is 1. The Labute approximate surface area is 130 Å². The molecule has 1 saturated heterocycles. The van der Waals surface area contributed by atoms with Crippen molar-refractivity contribution in [2.24, 2.45) is 0 Å². The number of carbonyl (C=O) groups excluding carboxylic acids is 2. The number of imide groups is 1. The smallest absolute Gasteiger partial charge is 0.325 e. The van der Waals surface area contributed by atoms with Crippen LogP contribution in [0.5, 0.6) is 5.75 Å². The van der Waals surface area contributed by atoms with Crippen molar-refractivity contribution in [1.82, 2.24) is 10.2 Å². The quantitative estimate of drug-likeness (QED) is 0.870. The minimum atomic E-state index is -0.640. The minimum Gasteiger partial charge on any atom is -0.492 e. The highest BCUT2D eigenvalue weighted by Gasteiger charge is 2.50. The highest BCUT2D eigenvalue weighted by Crippen LogP contribution is 2.33. The number of aryl methyl sites for hydroxylation is 1. The molecular formula is C17H22N2O3. The van der Waals surface area contributed by atoms with Crippen LogP contribution >= 0.6 is 0 Å². The molecular weight excluding hydrogens is 280 g/mol. The lowest BCUT2D eigenvalue weighted by atomic mass is 9.82. The van der Waals surface area contributed by atoms with Crippen molar-refractivity contribution in [1.29, 1.82) is 0 Å². The predicted octanol–water partition coefficient (Wildman–Crippen LogP) is 2.63. The van der Waals surface area contributed by atoms with Crippen molar-refractivity contribution >= 4 is 11.9 Å². The maximum atomic E-state index is 12.6. The van der Waals surface area contributed by atoms with Crippen LogP contribution in [-0.4, -0.2) is 35.5 Å². The zero-order valence-electron chi connectivity index (χ0n) is 12.9. The molecule has 0 radical (unpaired) electrons. The van der Waals surface area contributed by atoms with Crippen LogP contribution < -0.4 is 10.1 Å². The standard InChI is InChI=1S/C17H22N2O3/c1-13-6-5-7-14(12-13)22-11-10-19-15(20)17(18-16(19)21)8-3-2-4-9-17/h5-7,12H,2-4,8-11H2,1H3,(H,18,21). The van der Waals surface area contributed by atoms with Gasteiger partial charge in [-0.25, -0.2) is 4.79 Å². The van der Waals surface area contributed by atoms with E-state index in [0.717, 1.165) is 43.4 Å². The Hall–Kier alpha value is -2.04. The Morgan fingerprint density at radius 1 is 1.23 bits per heavy atom. The Kier molecular flexibility index (Phi) is 4.05. The fraction of sp³-hybridized carbons (Fsp3) is 0.529. The van der Waals surface area contributed by atoms with Crippen LogP contribution in [0.3, 0.4) is 0 Å². The highest BCUT2D eigenvalue weighted by molar-refractivity contribution is 6.07. The molecule has 118 valence electrons. The molecule has 0 aromatic heterocycles. The summed E-state index contributed by atoms with van der Waals surface area (Å²) in [7, 11) is 0. The summed E-state index contributed by atoms with van der Waals surface area (Å²) in [5, 5.41) is 2.91. The first-order valence-electron chi connectivity index (χ1n) is 7.94. The summed E-state index contributed by atoms with van der Waals surface area (Å²) < 4.78 is 5.65. The third kappa shape index (κ3) is 2.80. The van der Waals surface area contributed by atoms with E-state index in [1.807, 2.05) is 31.2 Å². The second-order valence-corrected chi connectivity index (χ2v) is 6.19. The number of hydrogen-bond acceptors (Lipinski definition) is 3. The Balaban J connectivity index is 1.58. The predicted molar refractivity (Wildman–Crippen MR) is 82.7 cm³/mol. The number of amides is 3. The molecule has 3 rings (SSSR count). The number of nitrogens with one attached hydrogen (secondary N) is 1. The molecule has 1 aromatic carbocycles. The molecule has 3 amide bonds. The van der Waals surface area contributed by atoms with E-state index in [0.29, 0.717) is 13.2 Å². The Morgan fingerprint density at radius 3 is 2.73 bits per heavy atom. The van der Waals surface area contributed by atoms with Gasteiger partial charge in [-0.2, -0.15) is 0 Å². The first-order valence-corrected chi connectivity index (χ1v) is 7.94. The molecule has 22 heavy (non-hydrogen) atoms. The molecule has 2 fully saturated rings. The molecule has 1 aliphatic carbocycles. The summed E-state index contributed by atoms with van der Waals surface area (Å²) in [5.41, 5.74) is 0.479. The maximum absolute atomic E-state index is 12.6. The summed E-state index contributed by atoms with van der Waals surface area (Å²) in [6.45, 7) is 2.61. The number of ether oxygens (including phenoxy) is 1. The van der Waals surface area contributed by atoms with Gasteiger partial charge in [0.15, 0.2) is 0 Å². The normalized spacial score (nSPS) is 20.3. The zero-order chi connectivity index (χ0) is 15.6. The molecule has 1 saturated carbocycles. The van der Waals surface area contributed by atoms with Crippen LogP contribution in [0.2, 0.25) is 0 Å². The van der Waals surface area contributed by atoms with Crippen LogP contribution in [-0.2, 0) is 4.79 Å². The van der Waals surface area contributed by atoms with Gasteiger partial charge in [0.25, 0.3) is 5.91 Å². The topological polar surface area (TPSA) is 58.6 Å². The van der Waals surface area contributed by atoms with Crippen molar-refractivity contribution in [3.63, 3.8) is 0 Å². The number of urea groups is 1. The van der Waals surface area contributed by atoms with Gasteiger partial charge < -0.3 is 10.1 Å². The SMILES string of the molecule is Cc1cccc(OCCN2C(=O)NC3(CCCCC3)C2=O)c1. The molecule has 0 atom stereocenters. The van der Waals surface area contributed by atoms with Crippen molar-refractivity contribution in [2.45, 2.75) is 44.6 Å². The molecule has 0 bridgehead atoms. The van der Waals surface area contributed by atoms with Gasteiger partial charge in [-0.1, -0.05) is 31.4 Å². The van der Waals surface area contributed by atoms with E-state index in [2.05, 4.69) is 5.32 Å². The molecule has 1 spiro atoms. The molecule has 0 unspecified atom stereocenters. The highest BCUT2D eigenvalue weighted by atomic mass is 16.5. The lowest BCUT2D eigenvalue weighted by molar-refractivity contribution is -0.132. The maximum Gasteiger partial charge on any atom is 0.325 e. The van der Waals surface area contributed by atoms with E-state index < -0.39 is 5.54 Å². The van der Waals surface area contributed by atoms with E-state index in [4.69, 9.17) is 4.74 Å². The zero-order valence-corrected chi connectivity index (χ0v) is 12.9. The molecule has 5 heteroatoms.